The number of nitrogen functional groups attached to an aromatic ring is 1. The SMILES string of the molecule is CCc1nn(C)c(C(=O)OCC(=O)NCC#N)c1N. The lowest BCUT2D eigenvalue weighted by Gasteiger charge is -2.05. The Morgan fingerprint density at radius 3 is 2.79 bits per heavy atom. The molecule has 0 aliphatic carbocycles. The van der Waals surface area contributed by atoms with Crippen molar-refractivity contribution >= 4 is 17.6 Å². The monoisotopic (exact) mass is 265 g/mol. The first-order chi connectivity index (χ1) is 9.01. The molecule has 0 fully saturated rings. The number of nitrogens with one attached hydrogen (secondary N) is 1. The van der Waals surface area contributed by atoms with Gasteiger partial charge >= 0.3 is 5.97 Å². The number of nitriles is 1. The quantitative estimate of drug-likeness (QED) is 0.539. The molecular formula is C11H15N5O3. The predicted octanol–water partition coefficient (Wildman–Crippen LogP) is -0.639. The largest absolute Gasteiger partial charge is 0.451 e. The second-order valence-electron chi connectivity index (χ2n) is 3.70. The molecule has 0 aromatic carbocycles. The molecule has 19 heavy (non-hydrogen) atoms. The summed E-state index contributed by atoms with van der Waals surface area (Å²) in [4.78, 5) is 23.0. The third kappa shape index (κ3) is 3.45. The maximum absolute atomic E-state index is 11.8. The molecule has 1 aromatic rings. The van der Waals surface area contributed by atoms with E-state index in [1.165, 1.54) is 4.68 Å². The van der Waals surface area contributed by atoms with Gasteiger partial charge in [-0.25, -0.2) is 4.79 Å². The second kappa shape index (κ2) is 6.39. The van der Waals surface area contributed by atoms with Crippen molar-refractivity contribution in [2.24, 2.45) is 7.05 Å². The number of aryl methyl sites for hydroxylation is 2. The van der Waals surface area contributed by atoms with Crippen LogP contribution in [0, 0.1) is 11.3 Å². The number of rotatable bonds is 5. The molecule has 0 radical (unpaired) electrons. The fourth-order valence-corrected chi connectivity index (χ4v) is 1.49. The number of esters is 1. The van der Waals surface area contributed by atoms with Crippen LogP contribution in [-0.2, 0) is 23.0 Å². The Kier molecular flexibility index (Phi) is 4.88. The van der Waals surface area contributed by atoms with Gasteiger partial charge in [0.25, 0.3) is 5.91 Å². The summed E-state index contributed by atoms with van der Waals surface area (Å²) in [6.45, 7) is 1.26. The van der Waals surface area contributed by atoms with Gasteiger partial charge < -0.3 is 15.8 Å². The van der Waals surface area contributed by atoms with Gasteiger partial charge in [-0.2, -0.15) is 10.4 Å². The van der Waals surface area contributed by atoms with Crippen LogP contribution >= 0.6 is 0 Å². The Morgan fingerprint density at radius 2 is 2.26 bits per heavy atom. The summed E-state index contributed by atoms with van der Waals surface area (Å²) in [5.74, 6) is -1.27. The van der Waals surface area contributed by atoms with Crippen LogP contribution in [0.4, 0.5) is 5.69 Å². The lowest BCUT2D eigenvalue weighted by molar-refractivity contribution is -0.124. The van der Waals surface area contributed by atoms with E-state index >= 15 is 0 Å². The summed E-state index contributed by atoms with van der Waals surface area (Å²) in [5.41, 5.74) is 6.75. The molecule has 1 heterocycles. The maximum atomic E-state index is 11.8. The highest BCUT2D eigenvalue weighted by Crippen LogP contribution is 2.17. The minimum atomic E-state index is -0.723. The van der Waals surface area contributed by atoms with Gasteiger partial charge in [0.1, 0.15) is 6.54 Å². The van der Waals surface area contributed by atoms with E-state index in [1.54, 1.807) is 13.1 Å². The summed E-state index contributed by atoms with van der Waals surface area (Å²) in [6.07, 6.45) is 0.593. The maximum Gasteiger partial charge on any atom is 0.359 e. The van der Waals surface area contributed by atoms with E-state index in [0.717, 1.165) is 0 Å². The Hall–Kier alpha value is -2.56. The first kappa shape index (κ1) is 14.5. The summed E-state index contributed by atoms with van der Waals surface area (Å²) in [6, 6.07) is 1.74. The normalized spacial score (nSPS) is 9.74. The van der Waals surface area contributed by atoms with E-state index in [1.807, 2.05) is 6.92 Å². The van der Waals surface area contributed by atoms with Crippen LogP contribution in [0.5, 0.6) is 0 Å². The highest BCUT2D eigenvalue weighted by atomic mass is 16.5. The van der Waals surface area contributed by atoms with Crippen molar-refractivity contribution in [3.8, 4) is 6.07 Å². The average Bonchev–Trinajstić information content (AvgIpc) is 2.68. The van der Waals surface area contributed by atoms with Crippen LogP contribution in [0.3, 0.4) is 0 Å². The molecule has 0 saturated heterocycles. The van der Waals surface area contributed by atoms with Crippen LogP contribution in [0.25, 0.3) is 0 Å². The zero-order valence-electron chi connectivity index (χ0n) is 10.8. The number of anilines is 1. The first-order valence-electron chi connectivity index (χ1n) is 5.63. The van der Waals surface area contributed by atoms with Gasteiger partial charge in [0.15, 0.2) is 12.3 Å². The number of hydrogen-bond acceptors (Lipinski definition) is 6. The fraction of sp³-hybridized carbons (Fsp3) is 0.455. The number of ether oxygens (including phenoxy) is 1. The smallest absolute Gasteiger partial charge is 0.359 e. The van der Waals surface area contributed by atoms with Crippen LogP contribution in [0.15, 0.2) is 0 Å². The zero-order chi connectivity index (χ0) is 14.4. The predicted molar refractivity (Wildman–Crippen MR) is 65.9 cm³/mol. The Labute approximate surface area is 110 Å². The van der Waals surface area contributed by atoms with Crippen molar-refractivity contribution in [3.05, 3.63) is 11.4 Å². The Bertz CT molecular complexity index is 529. The van der Waals surface area contributed by atoms with Crippen molar-refractivity contribution in [3.63, 3.8) is 0 Å². The summed E-state index contributed by atoms with van der Waals surface area (Å²) >= 11 is 0. The molecule has 0 aliphatic rings. The molecule has 102 valence electrons. The van der Waals surface area contributed by atoms with Gasteiger partial charge in [-0.1, -0.05) is 6.92 Å². The second-order valence-corrected chi connectivity index (χ2v) is 3.70. The molecule has 1 amide bonds. The zero-order valence-corrected chi connectivity index (χ0v) is 10.8. The number of hydrogen-bond donors (Lipinski definition) is 2. The van der Waals surface area contributed by atoms with Crippen LogP contribution in [0.2, 0.25) is 0 Å². The molecule has 3 N–H and O–H groups in total. The van der Waals surface area contributed by atoms with Gasteiger partial charge in [-0.3, -0.25) is 9.48 Å². The van der Waals surface area contributed by atoms with Crippen molar-refractivity contribution in [1.82, 2.24) is 15.1 Å². The van der Waals surface area contributed by atoms with Gasteiger partial charge in [0, 0.05) is 7.05 Å². The first-order valence-corrected chi connectivity index (χ1v) is 5.63. The van der Waals surface area contributed by atoms with Crippen LogP contribution < -0.4 is 11.1 Å². The molecule has 0 atom stereocenters. The van der Waals surface area contributed by atoms with Gasteiger partial charge in [0.05, 0.1) is 17.5 Å². The third-order valence-corrected chi connectivity index (χ3v) is 2.39. The van der Waals surface area contributed by atoms with Crippen molar-refractivity contribution in [1.29, 1.82) is 5.26 Å². The molecular weight excluding hydrogens is 250 g/mol. The highest BCUT2D eigenvalue weighted by molar-refractivity contribution is 5.95. The van der Waals surface area contributed by atoms with E-state index in [-0.39, 0.29) is 17.9 Å². The molecule has 0 spiro atoms. The summed E-state index contributed by atoms with van der Waals surface area (Å²) in [7, 11) is 1.57. The summed E-state index contributed by atoms with van der Waals surface area (Å²) in [5, 5.41) is 14.6. The molecule has 8 nitrogen and oxygen atoms in total. The summed E-state index contributed by atoms with van der Waals surface area (Å²) < 4.78 is 6.13. The van der Waals surface area contributed by atoms with Crippen molar-refractivity contribution in [2.75, 3.05) is 18.9 Å². The fourth-order valence-electron chi connectivity index (χ4n) is 1.49. The van der Waals surface area contributed by atoms with Gasteiger partial charge in [-0.05, 0) is 6.42 Å². The van der Waals surface area contributed by atoms with E-state index in [9.17, 15) is 9.59 Å². The number of aromatic nitrogens is 2. The number of carbonyl (C=O) groups excluding carboxylic acids is 2. The Morgan fingerprint density at radius 1 is 1.58 bits per heavy atom. The molecule has 0 aliphatic heterocycles. The third-order valence-electron chi connectivity index (χ3n) is 2.39. The van der Waals surface area contributed by atoms with Gasteiger partial charge in [-0.15, -0.1) is 0 Å². The minimum Gasteiger partial charge on any atom is -0.451 e. The lowest BCUT2D eigenvalue weighted by Crippen LogP contribution is -2.29. The molecule has 0 saturated carbocycles. The topological polar surface area (TPSA) is 123 Å². The molecule has 0 bridgehead atoms. The van der Waals surface area contributed by atoms with E-state index in [0.29, 0.717) is 12.1 Å². The van der Waals surface area contributed by atoms with Crippen molar-refractivity contribution < 1.29 is 14.3 Å². The van der Waals surface area contributed by atoms with Crippen LogP contribution in [-0.4, -0.2) is 34.8 Å². The van der Waals surface area contributed by atoms with Gasteiger partial charge in [0.2, 0.25) is 0 Å². The van der Waals surface area contributed by atoms with E-state index < -0.39 is 18.5 Å². The molecule has 1 rings (SSSR count). The number of nitrogens with zero attached hydrogens (tertiary/aromatic N) is 3. The van der Waals surface area contributed by atoms with E-state index in [2.05, 4.69) is 10.4 Å². The molecule has 1 aromatic heterocycles. The van der Waals surface area contributed by atoms with E-state index in [4.69, 9.17) is 15.7 Å². The average molecular weight is 265 g/mol. The number of amides is 1. The molecule has 0 unspecified atom stereocenters. The van der Waals surface area contributed by atoms with Crippen molar-refractivity contribution in [2.45, 2.75) is 13.3 Å². The highest BCUT2D eigenvalue weighted by Gasteiger charge is 2.21. The lowest BCUT2D eigenvalue weighted by atomic mass is 10.2. The minimum absolute atomic E-state index is 0.116. The van der Waals surface area contributed by atoms with Crippen LogP contribution in [0.1, 0.15) is 23.1 Å². The Balaban J connectivity index is 2.67. The number of nitrogens with two attached hydrogens (primary N) is 1. The number of carbonyl (C=O) groups is 2. The standard InChI is InChI=1S/C11H15N5O3/c1-3-7-9(13)10(16(2)15-7)11(18)19-6-8(17)14-5-4-12/h3,5-6,13H2,1-2H3,(H,14,17). The molecule has 8 heteroatoms.